The standard InChI is InChI=1S/C24H40O/c1-2-3-4-5-6-7-8-9-10-11-12-16-21-24(25)22-17-20-23-18-14-13-15-19-23/h13-15,18-19H,2-12,16-17,20-22H2,1H3. The lowest BCUT2D eigenvalue weighted by molar-refractivity contribution is -0.119. The summed E-state index contributed by atoms with van der Waals surface area (Å²) in [5.74, 6) is 0.461. The van der Waals surface area contributed by atoms with E-state index in [1.54, 1.807) is 0 Å². The summed E-state index contributed by atoms with van der Waals surface area (Å²) in [6, 6.07) is 10.5. The Morgan fingerprint density at radius 3 is 1.68 bits per heavy atom. The number of carbonyl (C=O) groups excluding carboxylic acids is 1. The van der Waals surface area contributed by atoms with Gasteiger partial charge in [-0.25, -0.2) is 0 Å². The first-order valence-electron chi connectivity index (χ1n) is 10.9. The minimum absolute atomic E-state index is 0.461. The molecule has 0 radical (unpaired) electrons. The van der Waals surface area contributed by atoms with Gasteiger partial charge < -0.3 is 0 Å². The van der Waals surface area contributed by atoms with E-state index in [-0.39, 0.29) is 0 Å². The summed E-state index contributed by atoms with van der Waals surface area (Å²) < 4.78 is 0. The normalized spacial score (nSPS) is 10.9. The lowest BCUT2D eigenvalue weighted by Crippen LogP contribution is -1.99. The van der Waals surface area contributed by atoms with Crippen LogP contribution in [0.1, 0.15) is 109 Å². The molecular formula is C24H40O. The monoisotopic (exact) mass is 344 g/mol. The number of ketones is 1. The van der Waals surface area contributed by atoms with Crippen molar-refractivity contribution < 1.29 is 4.79 Å². The molecule has 0 aliphatic rings. The van der Waals surface area contributed by atoms with Crippen LogP contribution >= 0.6 is 0 Å². The molecule has 142 valence electrons. The van der Waals surface area contributed by atoms with E-state index in [2.05, 4.69) is 31.2 Å². The molecule has 0 spiro atoms. The largest absolute Gasteiger partial charge is 0.300 e. The summed E-state index contributed by atoms with van der Waals surface area (Å²) >= 11 is 0. The van der Waals surface area contributed by atoms with Gasteiger partial charge in [-0.2, -0.15) is 0 Å². The van der Waals surface area contributed by atoms with Crippen LogP contribution in [0, 0.1) is 0 Å². The van der Waals surface area contributed by atoms with Crippen molar-refractivity contribution in [1.29, 1.82) is 0 Å². The van der Waals surface area contributed by atoms with Gasteiger partial charge in [0.1, 0.15) is 5.78 Å². The maximum Gasteiger partial charge on any atom is 0.132 e. The third kappa shape index (κ3) is 13.8. The molecular weight excluding hydrogens is 304 g/mol. The molecule has 0 atom stereocenters. The van der Waals surface area contributed by atoms with E-state index in [0.29, 0.717) is 5.78 Å². The smallest absolute Gasteiger partial charge is 0.132 e. The van der Waals surface area contributed by atoms with Gasteiger partial charge in [-0.05, 0) is 24.8 Å². The van der Waals surface area contributed by atoms with Gasteiger partial charge in [-0.3, -0.25) is 4.79 Å². The fourth-order valence-corrected chi connectivity index (χ4v) is 3.42. The summed E-state index contributed by atoms with van der Waals surface area (Å²) in [4.78, 5) is 11.9. The summed E-state index contributed by atoms with van der Waals surface area (Å²) in [5.41, 5.74) is 1.35. The molecule has 1 rings (SSSR count). The predicted octanol–water partition coefficient (Wildman–Crippen LogP) is 7.67. The quantitative estimate of drug-likeness (QED) is 0.265. The summed E-state index contributed by atoms with van der Waals surface area (Å²) in [6.45, 7) is 2.28. The Morgan fingerprint density at radius 2 is 1.12 bits per heavy atom. The van der Waals surface area contributed by atoms with Crippen LogP contribution in [-0.4, -0.2) is 5.78 Å². The lowest BCUT2D eigenvalue weighted by Gasteiger charge is -2.04. The molecule has 1 aromatic carbocycles. The van der Waals surface area contributed by atoms with Gasteiger partial charge in [0.05, 0.1) is 0 Å². The minimum atomic E-state index is 0.461. The Morgan fingerprint density at radius 1 is 0.640 bits per heavy atom. The molecule has 0 saturated carbocycles. The van der Waals surface area contributed by atoms with Crippen molar-refractivity contribution >= 4 is 5.78 Å². The Balaban J connectivity index is 1.81. The second kappa shape index (κ2) is 16.4. The van der Waals surface area contributed by atoms with E-state index in [4.69, 9.17) is 0 Å². The first-order valence-corrected chi connectivity index (χ1v) is 10.9. The summed E-state index contributed by atoms with van der Waals surface area (Å²) in [5, 5.41) is 0. The number of carbonyl (C=O) groups is 1. The third-order valence-corrected chi connectivity index (χ3v) is 5.07. The number of hydrogen-bond donors (Lipinski definition) is 0. The zero-order valence-electron chi connectivity index (χ0n) is 16.6. The Bertz CT molecular complexity index is 409. The minimum Gasteiger partial charge on any atom is -0.300 e. The average Bonchev–Trinajstić information content (AvgIpc) is 2.63. The molecule has 0 aromatic heterocycles. The van der Waals surface area contributed by atoms with Crippen LogP contribution < -0.4 is 0 Å². The molecule has 0 saturated heterocycles. The molecule has 1 nitrogen and oxygen atoms in total. The molecule has 1 aromatic rings. The Hall–Kier alpha value is -1.11. The van der Waals surface area contributed by atoms with Crippen LogP contribution in [-0.2, 0) is 11.2 Å². The maximum atomic E-state index is 11.9. The molecule has 0 amide bonds. The first-order chi connectivity index (χ1) is 12.3. The van der Waals surface area contributed by atoms with Crippen LogP contribution in [0.3, 0.4) is 0 Å². The first kappa shape index (κ1) is 21.9. The van der Waals surface area contributed by atoms with E-state index in [1.807, 2.05) is 6.07 Å². The van der Waals surface area contributed by atoms with Gasteiger partial charge in [-0.15, -0.1) is 0 Å². The number of Topliss-reactive ketones (excluding diaryl/α,β-unsaturated/α-hetero) is 1. The van der Waals surface area contributed by atoms with Crippen molar-refractivity contribution in [3.8, 4) is 0 Å². The van der Waals surface area contributed by atoms with E-state index in [9.17, 15) is 4.79 Å². The van der Waals surface area contributed by atoms with Gasteiger partial charge in [0.2, 0.25) is 0 Å². The summed E-state index contributed by atoms with van der Waals surface area (Å²) in [6.07, 6.45) is 19.8. The second-order valence-electron chi connectivity index (χ2n) is 7.52. The maximum absolute atomic E-state index is 11.9. The van der Waals surface area contributed by atoms with Crippen molar-refractivity contribution in [2.75, 3.05) is 0 Å². The molecule has 25 heavy (non-hydrogen) atoms. The molecule has 1 heteroatoms. The van der Waals surface area contributed by atoms with E-state index < -0.39 is 0 Å². The van der Waals surface area contributed by atoms with Crippen LogP contribution in [0.4, 0.5) is 0 Å². The Kier molecular flexibility index (Phi) is 14.4. The molecule has 0 N–H and O–H groups in total. The number of rotatable bonds is 17. The molecule has 0 bridgehead atoms. The van der Waals surface area contributed by atoms with Crippen LogP contribution in [0.2, 0.25) is 0 Å². The fraction of sp³-hybridized carbons (Fsp3) is 0.708. The molecule has 0 aliphatic carbocycles. The van der Waals surface area contributed by atoms with Gasteiger partial charge in [0, 0.05) is 12.8 Å². The van der Waals surface area contributed by atoms with E-state index in [0.717, 1.165) is 32.1 Å². The van der Waals surface area contributed by atoms with Crippen LogP contribution in [0.15, 0.2) is 30.3 Å². The van der Waals surface area contributed by atoms with Crippen molar-refractivity contribution in [1.82, 2.24) is 0 Å². The third-order valence-electron chi connectivity index (χ3n) is 5.07. The Labute approximate surface area is 156 Å². The molecule has 0 fully saturated rings. The van der Waals surface area contributed by atoms with Crippen molar-refractivity contribution in [2.24, 2.45) is 0 Å². The van der Waals surface area contributed by atoms with Gasteiger partial charge >= 0.3 is 0 Å². The average molecular weight is 345 g/mol. The SMILES string of the molecule is CCCCCCCCCCCCCCC(=O)CCCc1ccccc1. The van der Waals surface area contributed by atoms with Crippen molar-refractivity contribution in [2.45, 2.75) is 110 Å². The number of hydrogen-bond acceptors (Lipinski definition) is 1. The van der Waals surface area contributed by atoms with Crippen LogP contribution in [0.25, 0.3) is 0 Å². The highest BCUT2D eigenvalue weighted by atomic mass is 16.1. The number of aryl methyl sites for hydroxylation is 1. The molecule has 0 aliphatic heterocycles. The topological polar surface area (TPSA) is 17.1 Å². The lowest BCUT2D eigenvalue weighted by atomic mass is 10.0. The highest BCUT2D eigenvalue weighted by Gasteiger charge is 2.02. The zero-order valence-corrected chi connectivity index (χ0v) is 16.6. The second-order valence-corrected chi connectivity index (χ2v) is 7.52. The van der Waals surface area contributed by atoms with Crippen LogP contribution in [0.5, 0.6) is 0 Å². The van der Waals surface area contributed by atoms with Crippen molar-refractivity contribution in [3.63, 3.8) is 0 Å². The fourth-order valence-electron chi connectivity index (χ4n) is 3.42. The van der Waals surface area contributed by atoms with E-state index >= 15 is 0 Å². The van der Waals surface area contributed by atoms with Gasteiger partial charge in [0.25, 0.3) is 0 Å². The molecule has 0 heterocycles. The number of benzene rings is 1. The predicted molar refractivity (Wildman–Crippen MR) is 110 cm³/mol. The molecule has 0 unspecified atom stereocenters. The zero-order chi connectivity index (χ0) is 18.0. The summed E-state index contributed by atoms with van der Waals surface area (Å²) in [7, 11) is 0. The van der Waals surface area contributed by atoms with Crippen molar-refractivity contribution in [3.05, 3.63) is 35.9 Å². The van der Waals surface area contributed by atoms with E-state index in [1.165, 1.54) is 76.2 Å². The van der Waals surface area contributed by atoms with Gasteiger partial charge in [-0.1, -0.05) is 108 Å². The highest BCUT2D eigenvalue weighted by Crippen LogP contribution is 2.13. The number of unbranched alkanes of at least 4 members (excludes halogenated alkanes) is 11. The highest BCUT2D eigenvalue weighted by molar-refractivity contribution is 5.78. The van der Waals surface area contributed by atoms with Gasteiger partial charge in [0.15, 0.2) is 0 Å².